The monoisotopic (exact) mass is 253 g/mol. The lowest BCUT2D eigenvalue weighted by Gasteiger charge is -2.40. The van der Waals surface area contributed by atoms with Gasteiger partial charge in [-0.1, -0.05) is 25.7 Å². The van der Waals surface area contributed by atoms with Crippen molar-refractivity contribution in [3.05, 3.63) is 0 Å². The molecule has 0 spiro atoms. The van der Waals surface area contributed by atoms with Crippen LogP contribution in [-0.2, 0) is 4.74 Å². The van der Waals surface area contributed by atoms with E-state index in [2.05, 4.69) is 5.32 Å². The van der Waals surface area contributed by atoms with E-state index >= 15 is 0 Å². The molecular weight excluding hydrogens is 226 g/mol. The van der Waals surface area contributed by atoms with E-state index in [9.17, 15) is 5.11 Å². The molecule has 2 aliphatic carbocycles. The van der Waals surface area contributed by atoms with Crippen molar-refractivity contribution in [3.8, 4) is 0 Å². The normalized spacial score (nSPS) is 44.8. The molecule has 18 heavy (non-hydrogen) atoms. The predicted octanol–water partition coefficient (Wildman–Crippen LogP) is 2.09. The van der Waals surface area contributed by atoms with E-state index in [1.54, 1.807) is 0 Å². The van der Waals surface area contributed by atoms with Crippen LogP contribution in [-0.4, -0.2) is 36.5 Å². The number of aliphatic hydroxyl groups is 1. The molecule has 1 heterocycles. The average Bonchev–Trinajstić information content (AvgIpc) is 2.84. The first-order valence-electron chi connectivity index (χ1n) is 7.79. The number of nitrogens with one attached hydrogen (secondary N) is 1. The van der Waals surface area contributed by atoms with Gasteiger partial charge in [-0.05, 0) is 31.1 Å². The fourth-order valence-electron chi connectivity index (χ4n) is 4.13. The third-order valence-corrected chi connectivity index (χ3v) is 5.34. The molecule has 3 rings (SSSR count). The van der Waals surface area contributed by atoms with Crippen LogP contribution in [0.25, 0.3) is 0 Å². The number of hydrogen-bond acceptors (Lipinski definition) is 3. The van der Waals surface area contributed by atoms with Crippen LogP contribution in [0.5, 0.6) is 0 Å². The molecule has 1 aliphatic heterocycles. The highest BCUT2D eigenvalue weighted by atomic mass is 16.5. The predicted molar refractivity (Wildman–Crippen MR) is 71.5 cm³/mol. The highest BCUT2D eigenvalue weighted by Gasteiger charge is 2.35. The van der Waals surface area contributed by atoms with E-state index in [4.69, 9.17) is 4.74 Å². The number of hydrogen-bond donors (Lipinski definition) is 2. The van der Waals surface area contributed by atoms with Crippen molar-refractivity contribution in [2.75, 3.05) is 19.8 Å². The summed E-state index contributed by atoms with van der Waals surface area (Å²) in [4.78, 5) is 0. The molecule has 3 aliphatic rings. The molecule has 0 aromatic rings. The molecule has 1 saturated heterocycles. The Balaban J connectivity index is 1.46. The second-order valence-corrected chi connectivity index (χ2v) is 6.72. The van der Waals surface area contributed by atoms with Gasteiger partial charge in [0.1, 0.15) is 5.60 Å². The summed E-state index contributed by atoms with van der Waals surface area (Å²) in [7, 11) is 0. The first kappa shape index (κ1) is 12.9. The summed E-state index contributed by atoms with van der Waals surface area (Å²) < 4.78 is 5.30. The zero-order chi connectivity index (χ0) is 12.4. The van der Waals surface area contributed by atoms with Crippen molar-refractivity contribution in [2.45, 2.75) is 63.0 Å². The van der Waals surface area contributed by atoms with Crippen molar-refractivity contribution in [1.29, 1.82) is 0 Å². The van der Waals surface area contributed by atoms with E-state index < -0.39 is 5.60 Å². The molecule has 2 saturated carbocycles. The van der Waals surface area contributed by atoms with Crippen molar-refractivity contribution >= 4 is 0 Å². The van der Waals surface area contributed by atoms with Gasteiger partial charge in [0.25, 0.3) is 0 Å². The Bertz CT molecular complexity index is 276. The van der Waals surface area contributed by atoms with E-state index in [0.29, 0.717) is 19.3 Å². The molecule has 3 heteroatoms. The maximum absolute atomic E-state index is 10.3. The van der Waals surface area contributed by atoms with Gasteiger partial charge in [0, 0.05) is 25.6 Å². The van der Waals surface area contributed by atoms with Gasteiger partial charge in [-0.15, -0.1) is 0 Å². The highest BCUT2D eigenvalue weighted by molar-refractivity contribution is 4.90. The lowest BCUT2D eigenvalue weighted by molar-refractivity contribution is 0.0209. The number of rotatable bonds is 3. The molecule has 0 bridgehead atoms. The maximum atomic E-state index is 10.3. The lowest BCUT2D eigenvalue weighted by atomic mass is 9.69. The fourth-order valence-corrected chi connectivity index (χ4v) is 4.13. The minimum absolute atomic E-state index is 0.513. The standard InChI is InChI=1S/C15H27NO2/c17-15(7-8-18-11-15)10-16-14-6-5-12-3-1-2-4-13(12)9-14/h12-14,16-17H,1-11H2. The van der Waals surface area contributed by atoms with Crippen molar-refractivity contribution in [1.82, 2.24) is 5.32 Å². The first-order valence-corrected chi connectivity index (χ1v) is 7.79. The largest absolute Gasteiger partial charge is 0.386 e. The summed E-state index contributed by atoms with van der Waals surface area (Å²) in [5.41, 5.74) is -0.594. The summed E-state index contributed by atoms with van der Waals surface area (Å²) in [6, 6.07) is 0.633. The minimum Gasteiger partial charge on any atom is -0.386 e. The Morgan fingerprint density at radius 2 is 1.94 bits per heavy atom. The number of ether oxygens (including phenoxy) is 1. The summed E-state index contributed by atoms with van der Waals surface area (Å²) >= 11 is 0. The van der Waals surface area contributed by atoms with Gasteiger partial charge in [0.15, 0.2) is 0 Å². The van der Waals surface area contributed by atoms with Gasteiger partial charge in [-0.2, -0.15) is 0 Å². The minimum atomic E-state index is -0.594. The lowest BCUT2D eigenvalue weighted by Crippen LogP contribution is -2.47. The Labute approximate surface area is 110 Å². The van der Waals surface area contributed by atoms with Crippen LogP contribution in [0.3, 0.4) is 0 Å². The summed E-state index contributed by atoms with van der Waals surface area (Å²) in [6.07, 6.45) is 10.6. The van der Waals surface area contributed by atoms with Crippen LogP contribution < -0.4 is 5.32 Å². The van der Waals surface area contributed by atoms with Gasteiger partial charge in [0.05, 0.1) is 6.61 Å². The van der Waals surface area contributed by atoms with Gasteiger partial charge < -0.3 is 15.2 Å². The molecule has 4 atom stereocenters. The zero-order valence-corrected chi connectivity index (χ0v) is 11.4. The van der Waals surface area contributed by atoms with Gasteiger partial charge in [-0.25, -0.2) is 0 Å². The van der Waals surface area contributed by atoms with Crippen molar-refractivity contribution < 1.29 is 9.84 Å². The molecular formula is C15H27NO2. The molecule has 0 radical (unpaired) electrons. The van der Waals surface area contributed by atoms with Crippen LogP contribution in [0.2, 0.25) is 0 Å². The Hall–Kier alpha value is -0.120. The molecule has 104 valence electrons. The highest BCUT2D eigenvalue weighted by Crippen LogP contribution is 2.40. The molecule has 2 N–H and O–H groups in total. The van der Waals surface area contributed by atoms with E-state index in [0.717, 1.165) is 24.8 Å². The second kappa shape index (κ2) is 5.48. The molecule has 0 aromatic heterocycles. The van der Waals surface area contributed by atoms with Crippen LogP contribution in [0, 0.1) is 11.8 Å². The summed E-state index contributed by atoms with van der Waals surface area (Å²) in [5.74, 6) is 1.97. The van der Waals surface area contributed by atoms with Crippen LogP contribution >= 0.6 is 0 Å². The summed E-state index contributed by atoms with van der Waals surface area (Å²) in [6.45, 7) is 1.95. The third-order valence-electron chi connectivity index (χ3n) is 5.34. The Morgan fingerprint density at radius 3 is 2.72 bits per heavy atom. The smallest absolute Gasteiger partial charge is 0.102 e. The Morgan fingerprint density at radius 1 is 1.11 bits per heavy atom. The molecule has 0 aromatic carbocycles. The van der Waals surface area contributed by atoms with Gasteiger partial charge >= 0.3 is 0 Å². The molecule has 3 fully saturated rings. The topological polar surface area (TPSA) is 41.5 Å². The molecule has 4 unspecified atom stereocenters. The van der Waals surface area contributed by atoms with E-state index in [1.807, 2.05) is 0 Å². The molecule has 3 nitrogen and oxygen atoms in total. The first-order chi connectivity index (χ1) is 8.75. The quantitative estimate of drug-likeness (QED) is 0.809. The Kier molecular flexibility index (Phi) is 3.92. The maximum Gasteiger partial charge on any atom is 0.102 e. The van der Waals surface area contributed by atoms with Crippen molar-refractivity contribution in [2.24, 2.45) is 11.8 Å². The van der Waals surface area contributed by atoms with Crippen LogP contribution in [0.4, 0.5) is 0 Å². The van der Waals surface area contributed by atoms with E-state index in [-0.39, 0.29) is 0 Å². The molecule has 0 amide bonds. The summed E-state index contributed by atoms with van der Waals surface area (Å²) in [5, 5.41) is 13.9. The van der Waals surface area contributed by atoms with Crippen LogP contribution in [0.15, 0.2) is 0 Å². The number of fused-ring (bicyclic) bond motifs is 1. The van der Waals surface area contributed by atoms with E-state index in [1.165, 1.54) is 44.9 Å². The third kappa shape index (κ3) is 2.89. The SMILES string of the molecule is OC1(CNC2CCC3CCCCC3C2)CCOC1. The van der Waals surface area contributed by atoms with Gasteiger partial charge in [0.2, 0.25) is 0 Å². The zero-order valence-electron chi connectivity index (χ0n) is 11.4. The van der Waals surface area contributed by atoms with Crippen molar-refractivity contribution in [3.63, 3.8) is 0 Å². The fraction of sp³-hybridized carbons (Fsp3) is 1.00. The van der Waals surface area contributed by atoms with Crippen LogP contribution in [0.1, 0.15) is 51.4 Å². The average molecular weight is 253 g/mol. The second-order valence-electron chi connectivity index (χ2n) is 6.72. The van der Waals surface area contributed by atoms with Gasteiger partial charge in [-0.3, -0.25) is 0 Å².